The Hall–Kier alpha value is -2.13. The summed E-state index contributed by atoms with van der Waals surface area (Å²) in [6.07, 6.45) is 5.52. The van der Waals surface area contributed by atoms with Crippen LogP contribution < -0.4 is 10.2 Å². The van der Waals surface area contributed by atoms with Crippen molar-refractivity contribution in [1.29, 1.82) is 5.26 Å². The highest BCUT2D eigenvalue weighted by molar-refractivity contribution is 5.78. The molecule has 2 aliphatic rings. The zero-order chi connectivity index (χ0) is 19.9. The van der Waals surface area contributed by atoms with Crippen LogP contribution >= 0.6 is 0 Å². The van der Waals surface area contributed by atoms with Crippen molar-refractivity contribution in [2.45, 2.75) is 51.5 Å². The third kappa shape index (κ3) is 5.93. The molecule has 0 spiro atoms. The van der Waals surface area contributed by atoms with Gasteiger partial charge in [-0.1, -0.05) is 0 Å². The van der Waals surface area contributed by atoms with E-state index in [1.165, 1.54) is 6.42 Å². The van der Waals surface area contributed by atoms with E-state index in [1.807, 2.05) is 13.0 Å². The molecule has 1 aliphatic heterocycles. The molecule has 2 fully saturated rings. The van der Waals surface area contributed by atoms with Crippen LogP contribution in [0.4, 0.5) is 10.1 Å². The fourth-order valence-electron chi connectivity index (χ4n) is 4.44. The third-order valence-corrected chi connectivity index (χ3v) is 6.07. The molecule has 28 heavy (non-hydrogen) atoms. The number of nitriles is 1. The molecule has 6 heteroatoms. The number of rotatable bonds is 6. The van der Waals surface area contributed by atoms with Gasteiger partial charge >= 0.3 is 0 Å². The number of halogens is 1. The fourth-order valence-corrected chi connectivity index (χ4v) is 4.44. The third-order valence-electron chi connectivity index (χ3n) is 6.07. The van der Waals surface area contributed by atoms with E-state index >= 15 is 0 Å². The molecule has 0 radical (unpaired) electrons. The smallest absolute Gasteiger partial charge is 0.234 e. The molecule has 0 aromatic heterocycles. The van der Waals surface area contributed by atoms with Crippen LogP contribution in [-0.2, 0) is 4.79 Å². The highest BCUT2D eigenvalue weighted by Crippen LogP contribution is 2.27. The van der Waals surface area contributed by atoms with Gasteiger partial charge in [0.15, 0.2) is 0 Å². The number of benzene rings is 1. The highest BCUT2D eigenvalue weighted by Gasteiger charge is 2.24. The standard InChI is InChI=1S/C22H31FN4O/c1-17-14-19(23)16-21(15-17)27-12-10-26(11-13-27)9-7-18-2-4-20(5-3-18)25-22(28)6-8-24/h14-16,18,20H,2-7,9-13H2,1H3,(H,25,28). The summed E-state index contributed by atoms with van der Waals surface area (Å²) in [7, 11) is 0. The van der Waals surface area contributed by atoms with Gasteiger partial charge in [-0.25, -0.2) is 4.39 Å². The van der Waals surface area contributed by atoms with Crippen LogP contribution in [0.5, 0.6) is 0 Å². The van der Waals surface area contributed by atoms with E-state index in [2.05, 4.69) is 21.2 Å². The molecule has 1 N–H and O–H groups in total. The van der Waals surface area contributed by atoms with Crippen molar-refractivity contribution in [3.05, 3.63) is 29.6 Å². The number of piperazine rings is 1. The van der Waals surface area contributed by atoms with Crippen LogP contribution in [-0.4, -0.2) is 49.6 Å². The van der Waals surface area contributed by atoms with Gasteiger partial charge in [0.1, 0.15) is 12.2 Å². The molecule has 1 saturated heterocycles. The monoisotopic (exact) mass is 386 g/mol. The molecule has 0 atom stereocenters. The van der Waals surface area contributed by atoms with Crippen molar-refractivity contribution < 1.29 is 9.18 Å². The first-order valence-electron chi connectivity index (χ1n) is 10.4. The van der Waals surface area contributed by atoms with Gasteiger partial charge in [-0.2, -0.15) is 5.26 Å². The van der Waals surface area contributed by atoms with Crippen molar-refractivity contribution >= 4 is 11.6 Å². The minimum Gasteiger partial charge on any atom is -0.369 e. The van der Waals surface area contributed by atoms with Gasteiger partial charge in [0.25, 0.3) is 0 Å². The van der Waals surface area contributed by atoms with Crippen LogP contribution in [0.3, 0.4) is 0 Å². The van der Waals surface area contributed by atoms with E-state index in [-0.39, 0.29) is 24.2 Å². The van der Waals surface area contributed by atoms with Gasteiger partial charge in [-0.05, 0) is 75.3 Å². The number of nitrogens with zero attached hydrogens (tertiary/aromatic N) is 3. The number of carbonyl (C=O) groups is 1. The first kappa shape index (κ1) is 20.6. The van der Waals surface area contributed by atoms with Crippen LogP contribution in [0, 0.1) is 30.0 Å². The number of carbonyl (C=O) groups excluding carboxylic acids is 1. The quantitative estimate of drug-likeness (QED) is 0.815. The van der Waals surface area contributed by atoms with Crippen molar-refractivity contribution in [3.63, 3.8) is 0 Å². The van der Waals surface area contributed by atoms with E-state index in [9.17, 15) is 9.18 Å². The molecular formula is C22H31FN4O. The minimum absolute atomic E-state index is 0.0406. The van der Waals surface area contributed by atoms with E-state index in [0.29, 0.717) is 0 Å². The lowest BCUT2D eigenvalue weighted by molar-refractivity contribution is -0.121. The molecule has 1 amide bonds. The number of hydrogen-bond acceptors (Lipinski definition) is 4. The zero-order valence-electron chi connectivity index (χ0n) is 16.8. The van der Waals surface area contributed by atoms with Gasteiger partial charge in [-0.15, -0.1) is 0 Å². The van der Waals surface area contributed by atoms with Gasteiger partial charge in [0, 0.05) is 37.9 Å². The number of aryl methyl sites for hydroxylation is 1. The number of amides is 1. The average Bonchev–Trinajstić information content (AvgIpc) is 2.67. The van der Waals surface area contributed by atoms with E-state index in [1.54, 1.807) is 12.1 Å². The fraction of sp³-hybridized carbons (Fsp3) is 0.636. The minimum atomic E-state index is -0.156. The molecule has 1 aromatic carbocycles. The molecule has 152 valence electrons. The first-order valence-corrected chi connectivity index (χ1v) is 10.4. The summed E-state index contributed by atoms with van der Waals surface area (Å²) >= 11 is 0. The lowest BCUT2D eigenvalue weighted by atomic mass is 9.84. The second-order valence-electron chi connectivity index (χ2n) is 8.22. The Bertz CT molecular complexity index is 681. The normalized spacial score (nSPS) is 23.2. The summed E-state index contributed by atoms with van der Waals surface area (Å²) in [6, 6.07) is 7.42. The second kappa shape index (κ2) is 9.88. The summed E-state index contributed by atoms with van der Waals surface area (Å²) in [5, 5.41) is 11.5. The lowest BCUT2D eigenvalue weighted by Crippen LogP contribution is -2.47. The number of hydrogen-bond donors (Lipinski definition) is 1. The lowest BCUT2D eigenvalue weighted by Gasteiger charge is -2.37. The average molecular weight is 387 g/mol. The highest BCUT2D eigenvalue weighted by atomic mass is 19.1. The molecule has 1 aromatic rings. The summed E-state index contributed by atoms with van der Waals surface area (Å²) in [6.45, 7) is 6.99. The predicted octanol–water partition coefficient (Wildman–Crippen LogP) is 3.23. The largest absolute Gasteiger partial charge is 0.369 e. The van der Waals surface area contributed by atoms with Gasteiger partial charge in [0.2, 0.25) is 5.91 Å². The van der Waals surface area contributed by atoms with E-state index in [4.69, 9.17) is 5.26 Å². The van der Waals surface area contributed by atoms with Crippen LogP contribution in [0.25, 0.3) is 0 Å². The number of anilines is 1. The molecule has 0 bridgehead atoms. The summed E-state index contributed by atoms with van der Waals surface area (Å²) in [5.41, 5.74) is 1.96. The molecule has 1 saturated carbocycles. The van der Waals surface area contributed by atoms with Crippen molar-refractivity contribution in [2.24, 2.45) is 5.92 Å². The number of nitrogens with one attached hydrogen (secondary N) is 1. The Morgan fingerprint density at radius 2 is 1.89 bits per heavy atom. The Morgan fingerprint density at radius 1 is 1.18 bits per heavy atom. The van der Waals surface area contributed by atoms with E-state index in [0.717, 1.165) is 75.6 Å². The Morgan fingerprint density at radius 3 is 2.54 bits per heavy atom. The summed E-state index contributed by atoms with van der Waals surface area (Å²) in [5.74, 6) is 0.433. The van der Waals surface area contributed by atoms with Crippen molar-refractivity contribution in [3.8, 4) is 6.07 Å². The van der Waals surface area contributed by atoms with Crippen molar-refractivity contribution in [1.82, 2.24) is 10.2 Å². The first-order chi connectivity index (χ1) is 13.5. The predicted molar refractivity (Wildman–Crippen MR) is 109 cm³/mol. The molecule has 3 rings (SSSR count). The molecule has 1 aliphatic carbocycles. The van der Waals surface area contributed by atoms with E-state index < -0.39 is 0 Å². The Balaban J connectivity index is 1.35. The zero-order valence-corrected chi connectivity index (χ0v) is 16.8. The van der Waals surface area contributed by atoms with Gasteiger partial charge < -0.3 is 10.2 Å². The Labute approximate surface area is 167 Å². The maximum Gasteiger partial charge on any atom is 0.234 e. The molecule has 0 unspecified atom stereocenters. The summed E-state index contributed by atoms with van der Waals surface area (Å²) in [4.78, 5) is 16.3. The topological polar surface area (TPSA) is 59.4 Å². The SMILES string of the molecule is Cc1cc(F)cc(N2CCN(CCC3CCC(NC(=O)CC#N)CC3)CC2)c1. The maximum absolute atomic E-state index is 13.6. The van der Waals surface area contributed by atoms with Gasteiger partial charge in [0.05, 0.1) is 6.07 Å². The van der Waals surface area contributed by atoms with Crippen LogP contribution in [0.15, 0.2) is 18.2 Å². The van der Waals surface area contributed by atoms with Crippen LogP contribution in [0.1, 0.15) is 44.1 Å². The second-order valence-corrected chi connectivity index (χ2v) is 8.22. The molecule has 1 heterocycles. The van der Waals surface area contributed by atoms with Crippen LogP contribution in [0.2, 0.25) is 0 Å². The van der Waals surface area contributed by atoms with Crippen molar-refractivity contribution in [2.75, 3.05) is 37.6 Å². The maximum atomic E-state index is 13.6. The Kier molecular flexibility index (Phi) is 7.27. The summed E-state index contributed by atoms with van der Waals surface area (Å²) < 4.78 is 13.6. The van der Waals surface area contributed by atoms with Gasteiger partial charge in [-0.3, -0.25) is 9.69 Å². The molecular weight excluding hydrogens is 355 g/mol. The molecule has 5 nitrogen and oxygen atoms in total.